The Kier molecular flexibility index (Phi) is 3.67. The summed E-state index contributed by atoms with van der Waals surface area (Å²) in [6.45, 7) is 2.69. The molecule has 7 nitrogen and oxygen atoms in total. The first-order valence-electron chi connectivity index (χ1n) is 7.45. The molecule has 2 unspecified atom stereocenters. The number of rotatable bonds is 4. The predicted molar refractivity (Wildman–Crippen MR) is 82.3 cm³/mol. The van der Waals surface area contributed by atoms with Crippen LogP contribution in [-0.2, 0) is 0 Å². The maximum Gasteiger partial charge on any atom is 0.226 e. The van der Waals surface area contributed by atoms with E-state index in [1.165, 1.54) is 6.42 Å². The molecular weight excluding hydrogens is 268 g/mol. The van der Waals surface area contributed by atoms with Gasteiger partial charge in [0.1, 0.15) is 5.82 Å². The molecule has 1 fully saturated rings. The fourth-order valence-electron chi connectivity index (χ4n) is 3.12. The van der Waals surface area contributed by atoms with E-state index >= 15 is 0 Å². The van der Waals surface area contributed by atoms with Gasteiger partial charge < -0.3 is 15.7 Å². The highest BCUT2D eigenvalue weighted by atomic mass is 16.3. The zero-order valence-electron chi connectivity index (χ0n) is 12.5. The fourth-order valence-corrected chi connectivity index (χ4v) is 3.12. The minimum atomic E-state index is -0.654. The standard InChI is InChI=1S/C14H22N6O/c1-9-4-3-5-14(21,6-9)8-16-11-10-7-17-20-12(10)19-13(15-2)18-11/h7,9,21H,3-6,8H2,1-2H3,(H3,15,16,17,18,19,20). The van der Waals surface area contributed by atoms with Gasteiger partial charge in [-0.1, -0.05) is 19.8 Å². The van der Waals surface area contributed by atoms with Crippen molar-refractivity contribution in [2.45, 2.75) is 38.2 Å². The molecule has 1 aliphatic carbocycles. The molecule has 0 spiro atoms. The molecule has 1 aliphatic rings. The van der Waals surface area contributed by atoms with Crippen LogP contribution in [0.3, 0.4) is 0 Å². The van der Waals surface area contributed by atoms with Crippen LogP contribution in [0.5, 0.6) is 0 Å². The van der Waals surface area contributed by atoms with Crippen LogP contribution < -0.4 is 10.6 Å². The van der Waals surface area contributed by atoms with Gasteiger partial charge in [-0.15, -0.1) is 0 Å². The number of nitrogens with zero attached hydrogens (tertiary/aromatic N) is 3. The fraction of sp³-hybridized carbons (Fsp3) is 0.643. The summed E-state index contributed by atoms with van der Waals surface area (Å²) < 4.78 is 0. The van der Waals surface area contributed by atoms with E-state index in [9.17, 15) is 5.11 Å². The molecule has 0 bridgehead atoms. The van der Waals surface area contributed by atoms with Crippen molar-refractivity contribution in [3.8, 4) is 0 Å². The van der Waals surface area contributed by atoms with Crippen molar-refractivity contribution in [3.05, 3.63) is 6.20 Å². The Morgan fingerprint density at radius 3 is 3.10 bits per heavy atom. The van der Waals surface area contributed by atoms with E-state index in [0.717, 1.165) is 24.6 Å². The summed E-state index contributed by atoms with van der Waals surface area (Å²) in [5, 5.41) is 24.6. The molecule has 7 heteroatoms. The highest BCUT2D eigenvalue weighted by molar-refractivity contribution is 5.86. The van der Waals surface area contributed by atoms with Gasteiger partial charge in [0.2, 0.25) is 5.95 Å². The van der Waals surface area contributed by atoms with Gasteiger partial charge in [0, 0.05) is 13.6 Å². The molecule has 0 aromatic carbocycles. The van der Waals surface area contributed by atoms with Crippen molar-refractivity contribution >= 4 is 22.8 Å². The number of fused-ring (bicyclic) bond motifs is 1. The predicted octanol–water partition coefficient (Wildman–Crippen LogP) is 1.75. The van der Waals surface area contributed by atoms with Gasteiger partial charge in [-0.25, -0.2) is 0 Å². The Morgan fingerprint density at radius 1 is 1.48 bits per heavy atom. The van der Waals surface area contributed by atoms with E-state index in [4.69, 9.17) is 0 Å². The average Bonchev–Trinajstić information content (AvgIpc) is 2.92. The lowest BCUT2D eigenvalue weighted by molar-refractivity contribution is -0.000801. The molecular formula is C14H22N6O. The van der Waals surface area contributed by atoms with Crippen LogP contribution in [0.4, 0.5) is 11.8 Å². The highest BCUT2D eigenvalue weighted by Gasteiger charge is 2.32. The number of nitrogens with one attached hydrogen (secondary N) is 3. The maximum absolute atomic E-state index is 10.7. The summed E-state index contributed by atoms with van der Waals surface area (Å²) in [5.41, 5.74) is 0.0271. The largest absolute Gasteiger partial charge is 0.388 e. The molecule has 0 saturated heterocycles. The van der Waals surface area contributed by atoms with Crippen molar-refractivity contribution in [1.82, 2.24) is 20.2 Å². The van der Waals surface area contributed by atoms with Crippen LogP contribution in [0, 0.1) is 5.92 Å². The maximum atomic E-state index is 10.7. The molecule has 114 valence electrons. The molecule has 0 aliphatic heterocycles. The van der Waals surface area contributed by atoms with E-state index < -0.39 is 5.60 Å². The number of aromatic amines is 1. The second kappa shape index (κ2) is 5.48. The minimum absolute atomic E-state index is 0.498. The summed E-state index contributed by atoms with van der Waals surface area (Å²) in [6.07, 6.45) is 5.64. The molecule has 0 radical (unpaired) electrons. The Labute approximate surface area is 123 Å². The van der Waals surface area contributed by atoms with Gasteiger partial charge in [-0.2, -0.15) is 15.1 Å². The zero-order chi connectivity index (χ0) is 14.9. The first-order chi connectivity index (χ1) is 10.1. The van der Waals surface area contributed by atoms with E-state index in [1.54, 1.807) is 13.2 Å². The van der Waals surface area contributed by atoms with E-state index in [-0.39, 0.29) is 0 Å². The van der Waals surface area contributed by atoms with Gasteiger partial charge >= 0.3 is 0 Å². The Balaban J connectivity index is 1.79. The summed E-state index contributed by atoms with van der Waals surface area (Å²) in [5.74, 6) is 1.79. The van der Waals surface area contributed by atoms with E-state index in [1.807, 2.05) is 0 Å². The van der Waals surface area contributed by atoms with Crippen LogP contribution in [0.1, 0.15) is 32.6 Å². The molecule has 2 atom stereocenters. The van der Waals surface area contributed by atoms with E-state index in [2.05, 4.69) is 37.7 Å². The Hall–Kier alpha value is -1.89. The number of aromatic nitrogens is 4. The third-order valence-electron chi connectivity index (χ3n) is 4.19. The summed E-state index contributed by atoms with van der Waals surface area (Å²) >= 11 is 0. The number of anilines is 2. The lowest BCUT2D eigenvalue weighted by Crippen LogP contribution is -2.41. The molecule has 21 heavy (non-hydrogen) atoms. The van der Waals surface area contributed by atoms with E-state index in [0.29, 0.717) is 29.9 Å². The van der Waals surface area contributed by atoms with Crippen LogP contribution in [0.2, 0.25) is 0 Å². The number of H-pyrrole nitrogens is 1. The molecule has 3 rings (SSSR count). The van der Waals surface area contributed by atoms with Crippen molar-refractivity contribution in [1.29, 1.82) is 0 Å². The van der Waals surface area contributed by atoms with Crippen LogP contribution in [0.25, 0.3) is 11.0 Å². The molecule has 2 heterocycles. The second-order valence-electron chi connectivity index (χ2n) is 6.06. The van der Waals surface area contributed by atoms with Gasteiger partial charge in [0.15, 0.2) is 5.65 Å². The van der Waals surface area contributed by atoms with Gasteiger partial charge in [0.05, 0.1) is 17.2 Å². The van der Waals surface area contributed by atoms with Gasteiger partial charge in [-0.05, 0) is 18.8 Å². The number of aliphatic hydroxyl groups is 1. The van der Waals surface area contributed by atoms with Gasteiger partial charge in [0.25, 0.3) is 0 Å². The zero-order valence-corrected chi connectivity index (χ0v) is 12.5. The average molecular weight is 290 g/mol. The first kappa shape index (κ1) is 14.1. The minimum Gasteiger partial charge on any atom is -0.388 e. The quantitative estimate of drug-likeness (QED) is 0.684. The van der Waals surface area contributed by atoms with Crippen molar-refractivity contribution in [3.63, 3.8) is 0 Å². The smallest absolute Gasteiger partial charge is 0.226 e. The molecule has 4 N–H and O–H groups in total. The van der Waals surface area contributed by atoms with Crippen LogP contribution in [0.15, 0.2) is 6.20 Å². The lowest BCUT2D eigenvalue weighted by Gasteiger charge is -2.35. The lowest BCUT2D eigenvalue weighted by atomic mass is 9.79. The SMILES string of the molecule is CNc1nc(NCC2(O)CCCC(C)C2)c2cn[nH]c2n1. The summed E-state index contributed by atoms with van der Waals surface area (Å²) in [6, 6.07) is 0. The Bertz CT molecular complexity index is 627. The highest BCUT2D eigenvalue weighted by Crippen LogP contribution is 2.32. The van der Waals surface area contributed by atoms with Gasteiger partial charge in [-0.3, -0.25) is 5.10 Å². The second-order valence-corrected chi connectivity index (χ2v) is 6.06. The van der Waals surface area contributed by atoms with Crippen molar-refractivity contribution in [2.24, 2.45) is 5.92 Å². The molecule has 0 amide bonds. The van der Waals surface area contributed by atoms with Crippen molar-refractivity contribution in [2.75, 3.05) is 24.2 Å². The third kappa shape index (κ3) is 2.92. The topological polar surface area (TPSA) is 98.8 Å². The first-order valence-corrected chi connectivity index (χ1v) is 7.45. The van der Waals surface area contributed by atoms with Crippen LogP contribution in [-0.4, -0.2) is 44.5 Å². The normalized spacial score (nSPS) is 26.0. The summed E-state index contributed by atoms with van der Waals surface area (Å²) in [7, 11) is 1.78. The monoisotopic (exact) mass is 290 g/mol. The Morgan fingerprint density at radius 2 is 2.33 bits per heavy atom. The molecule has 2 aromatic heterocycles. The van der Waals surface area contributed by atoms with Crippen LogP contribution >= 0.6 is 0 Å². The molecule has 1 saturated carbocycles. The molecule has 2 aromatic rings. The summed E-state index contributed by atoms with van der Waals surface area (Å²) in [4.78, 5) is 8.72. The number of hydrogen-bond donors (Lipinski definition) is 4. The third-order valence-corrected chi connectivity index (χ3v) is 4.19. The number of hydrogen-bond acceptors (Lipinski definition) is 6. The van der Waals surface area contributed by atoms with Crippen molar-refractivity contribution < 1.29 is 5.11 Å².